The number of aliphatic hydroxyl groups excluding tert-OH is 1. The van der Waals surface area contributed by atoms with E-state index in [1.807, 2.05) is 13.8 Å². The number of amides is 2. The van der Waals surface area contributed by atoms with E-state index in [4.69, 9.17) is 15.2 Å². The number of hydrogen-bond donors (Lipinski definition) is 3. The molecule has 1 unspecified atom stereocenters. The van der Waals surface area contributed by atoms with Crippen molar-refractivity contribution in [3.05, 3.63) is 35.6 Å². The molecule has 0 radical (unpaired) electrons. The van der Waals surface area contributed by atoms with Gasteiger partial charge in [-0.3, -0.25) is 9.59 Å². The monoisotopic (exact) mass is 534 g/mol. The molecule has 10 nitrogen and oxygen atoms in total. The van der Waals surface area contributed by atoms with Crippen LogP contribution < -0.4 is 15.4 Å². The van der Waals surface area contributed by atoms with Gasteiger partial charge in [-0.25, -0.2) is 0 Å². The second-order valence-electron chi connectivity index (χ2n) is 9.39. The third kappa shape index (κ3) is 12.4. The smallest absolute Gasteiger partial charge is 0.573 e. The number of carbonyl (C=O) groups excluding carboxylic acids is 3. The number of nitrogens with one attached hydrogen (secondary N) is 3. The van der Waals surface area contributed by atoms with Crippen molar-refractivity contribution in [3.8, 4) is 5.75 Å². The highest BCUT2D eigenvalue weighted by Crippen LogP contribution is 2.34. The predicted molar refractivity (Wildman–Crippen MR) is 127 cm³/mol. The molecule has 0 bridgehead atoms. The number of halogens is 3. The van der Waals surface area contributed by atoms with E-state index in [1.54, 1.807) is 13.8 Å². The topological polar surface area (TPSA) is 147 Å². The highest BCUT2D eigenvalue weighted by molar-refractivity contribution is 5.82. The highest BCUT2D eigenvalue weighted by Gasteiger charge is 2.45. The molecule has 1 aliphatic heterocycles. The summed E-state index contributed by atoms with van der Waals surface area (Å²) in [6, 6.07) is 5.17. The van der Waals surface area contributed by atoms with E-state index in [2.05, 4.69) is 15.4 Å². The average molecular weight is 535 g/mol. The van der Waals surface area contributed by atoms with Crippen molar-refractivity contribution < 1.29 is 46.9 Å². The Morgan fingerprint density at radius 2 is 1.95 bits per heavy atom. The molecular formula is C24H35F3N3O7-. The van der Waals surface area contributed by atoms with Gasteiger partial charge in [0.15, 0.2) is 5.79 Å². The normalized spacial score (nSPS) is 19.0. The molecule has 1 aliphatic rings. The lowest BCUT2D eigenvalue weighted by Gasteiger charge is -2.44. The minimum atomic E-state index is -4.77. The average Bonchev–Trinajstić information content (AvgIpc) is 2.79. The summed E-state index contributed by atoms with van der Waals surface area (Å²) in [4.78, 5) is 33.5. The number of alkyl halides is 3. The van der Waals surface area contributed by atoms with E-state index >= 15 is 0 Å². The third-order valence-corrected chi connectivity index (χ3v) is 5.02. The van der Waals surface area contributed by atoms with Gasteiger partial charge in [0.1, 0.15) is 24.2 Å². The minimum Gasteiger partial charge on any atom is -0.677 e. The van der Waals surface area contributed by atoms with Crippen molar-refractivity contribution in [1.29, 1.82) is 0 Å². The number of ether oxygens (including phenoxy) is 3. The molecule has 2 rings (SSSR count). The summed E-state index contributed by atoms with van der Waals surface area (Å²) in [6.07, 6.45) is -5.52. The Bertz CT molecular complexity index is 895. The van der Waals surface area contributed by atoms with Crippen LogP contribution in [0.1, 0.15) is 46.1 Å². The van der Waals surface area contributed by atoms with Crippen LogP contribution in [-0.2, 0) is 30.4 Å². The Labute approximate surface area is 214 Å². The van der Waals surface area contributed by atoms with Gasteiger partial charge in [0.2, 0.25) is 11.8 Å². The Kier molecular flexibility index (Phi) is 12.4. The molecule has 2 atom stereocenters. The van der Waals surface area contributed by atoms with Crippen molar-refractivity contribution in [2.24, 2.45) is 5.41 Å². The van der Waals surface area contributed by atoms with Gasteiger partial charge in [-0.1, -0.05) is 26.0 Å². The lowest BCUT2D eigenvalue weighted by molar-refractivity contribution is -0.304. The minimum absolute atomic E-state index is 0.00303. The van der Waals surface area contributed by atoms with E-state index in [-0.39, 0.29) is 36.6 Å². The molecule has 1 aromatic rings. The molecule has 0 saturated carbocycles. The molecule has 2 amide bonds. The third-order valence-electron chi connectivity index (χ3n) is 5.02. The van der Waals surface area contributed by atoms with Gasteiger partial charge in [-0.05, 0) is 38.0 Å². The molecule has 1 heterocycles. The largest absolute Gasteiger partial charge is 0.677 e. The van der Waals surface area contributed by atoms with Gasteiger partial charge < -0.3 is 40.5 Å². The van der Waals surface area contributed by atoms with E-state index in [1.165, 1.54) is 12.1 Å². The second kappa shape index (κ2) is 14.3. The summed E-state index contributed by atoms with van der Waals surface area (Å²) in [5.74, 6) is -1.98. The van der Waals surface area contributed by atoms with Crippen LogP contribution in [-0.4, -0.2) is 67.3 Å². The summed E-state index contributed by atoms with van der Waals surface area (Å²) in [7, 11) is 0. The number of hydrogen-bond acceptors (Lipinski definition) is 7. The first kappa shape index (κ1) is 32.3. The van der Waals surface area contributed by atoms with E-state index in [9.17, 15) is 32.7 Å². The van der Waals surface area contributed by atoms with Gasteiger partial charge in [0, 0.05) is 24.9 Å². The number of benzene rings is 1. The van der Waals surface area contributed by atoms with E-state index < -0.39 is 30.3 Å². The molecule has 13 heteroatoms. The standard InChI is InChI=1S/C12H14F3N2O3.C12H21NO4/c13-12(14,15)20-9-3-1-2-8(6-9)7-17-11(19)10(18)4-5-16;1-11(2)8-16-12(3,4)17-9(11)10(15)13-6-5-7-14/h1-3,6,10,16,18H,4-5,7H2,(H,17,19);7,9H,5-6,8H2,1-4H3,(H,13,15)/q-1;/t;9-/m.0/s1. The van der Waals surface area contributed by atoms with Crippen LogP contribution in [0.3, 0.4) is 0 Å². The van der Waals surface area contributed by atoms with Crippen molar-refractivity contribution in [2.75, 3.05) is 19.7 Å². The fourth-order valence-electron chi connectivity index (χ4n) is 3.10. The Hall–Kier alpha value is -2.74. The maximum absolute atomic E-state index is 12.0. The molecular weight excluding hydrogens is 499 g/mol. The summed E-state index contributed by atoms with van der Waals surface area (Å²) < 4.78 is 51.0. The molecule has 0 aromatic heterocycles. The van der Waals surface area contributed by atoms with Crippen LogP contribution in [0.4, 0.5) is 13.2 Å². The molecule has 1 saturated heterocycles. The summed E-state index contributed by atoms with van der Waals surface area (Å²) in [6.45, 7) is 8.10. The van der Waals surface area contributed by atoms with E-state index in [0.717, 1.165) is 18.4 Å². The summed E-state index contributed by atoms with van der Waals surface area (Å²) in [5, 5.41) is 14.4. The summed E-state index contributed by atoms with van der Waals surface area (Å²) in [5.41, 5.74) is 6.90. The number of carbonyl (C=O) groups is 3. The first-order chi connectivity index (χ1) is 17.1. The zero-order chi connectivity index (χ0) is 28.3. The molecule has 210 valence electrons. The van der Waals surface area contributed by atoms with Crippen LogP contribution in [0.2, 0.25) is 0 Å². The molecule has 1 fully saturated rings. The SMILES string of the molecule is CC1(C)OCC(C)(C)[C@H](C(=O)NCCC=O)O1.[NH-]CCC(O)C(=O)NCc1cccc(OC(F)(F)F)c1. The fourth-order valence-corrected chi connectivity index (χ4v) is 3.10. The van der Waals surface area contributed by atoms with Crippen LogP contribution >= 0.6 is 0 Å². The molecule has 0 aliphatic carbocycles. The highest BCUT2D eigenvalue weighted by atomic mass is 19.4. The molecule has 4 N–H and O–H groups in total. The van der Waals surface area contributed by atoms with Crippen molar-refractivity contribution in [2.45, 2.75) is 71.4 Å². The van der Waals surface area contributed by atoms with Crippen LogP contribution in [0.25, 0.3) is 5.73 Å². The Morgan fingerprint density at radius 3 is 2.54 bits per heavy atom. The maximum atomic E-state index is 12.0. The molecule has 0 spiro atoms. The van der Waals surface area contributed by atoms with E-state index in [0.29, 0.717) is 25.1 Å². The van der Waals surface area contributed by atoms with Crippen LogP contribution in [0.5, 0.6) is 5.75 Å². The van der Waals surface area contributed by atoms with Crippen molar-refractivity contribution in [3.63, 3.8) is 0 Å². The van der Waals surface area contributed by atoms with Crippen LogP contribution in [0.15, 0.2) is 24.3 Å². The first-order valence-corrected chi connectivity index (χ1v) is 11.6. The first-order valence-electron chi connectivity index (χ1n) is 11.6. The Morgan fingerprint density at radius 1 is 1.27 bits per heavy atom. The fraction of sp³-hybridized carbons (Fsp3) is 0.625. The van der Waals surface area contributed by atoms with Gasteiger partial charge in [-0.2, -0.15) is 0 Å². The lowest BCUT2D eigenvalue weighted by Crippen LogP contribution is -2.56. The van der Waals surface area contributed by atoms with Gasteiger partial charge in [0.25, 0.3) is 0 Å². The predicted octanol–water partition coefficient (Wildman–Crippen LogP) is 2.87. The zero-order valence-electron chi connectivity index (χ0n) is 21.3. The summed E-state index contributed by atoms with van der Waals surface area (Å²) >= 11 is 0. The lowest BCUT2D eigenvalue weighted by atomic mass is 9.85. The number of aliphatic hydroxyl groups is 1. The van der Waals surface area contributed by atoms with Gasteiger partial charge >= 0.3 is 6.36 Å². The van der Waals surface area contributed by atoms with Crippen molar-refractivity contribution >= 4 is 18.1 Å². The number of rotatable bonds is 10. The van der Waals surface area contributed by atoms with Gasteiger partial charge in [0.05, 0.1) is 6.61 Å². The van der Waals surface area contributed by atoms with Crippen molar-refractivity contribution in [1.82, 2.24) is 10.6 Å². The zero-order valence-corrected chi connectivity index (χ0v) is 21.3. The molecule has 37 heavy (non-hydrogen) atoms. The van der Waals surface area contributed by atoms with Gasteiger partial charge in [-0.15, -0.1) is 19.7 Å². The maximum Gasteiger partial charge on any atom is 0.573 e. The quantitative estimate of drug-likeness (QED) is 0.309. The molecule has 1 aromatic carbocycles. The number of aldehydes is 1. The van der Waals surface area contributed by atoms with Crippen LogP contribution in [0, 0.1) is 5.41 Å². The second-order valence-corrected chi connectivity index (χ2v) is 9.39. The Balaban J connectivity index is 0.000000375.